The third-order valence-corrected chi connectivity index (χ3v) is 7.95. The van der Waals surface area contributed by atoms with Gasteiger partial charge in [-0.1, -0.05) is 35.9 Å². The first kappa shape index (κ1) is 21.9. The lowest BCUT2D eigenvalue weighted by Gasteiger charge is -2.26. The second-order valence-electron chi connectivity index (χ2n) is 9.23. The SMILES string of the molecule is NC[C@]1(c2ccccc2F)[C@@H]2CCN(c3cnc4c(-c5ccc(C(N)=O)cc5Cl)[nH]nc4n3)C[C@@H]21. The van der Waals surface area contributed by atoms with E-state index in [1.165, 1.54) is 12.1 Å². The van der Waals surface area contributed by atoms with E-state index in [0.717, 1.165) is 30.9 Å². The molecule has 3 heterocycles. The Morgan fingerprint density at radius 3 is 2.83 bits per heavy atom. The molecule has 8 nitrogen and oxygen atoms in total. The Morgan fingerprint density at radius 1 is 1.26 bits per heavy atom. The van der Waals surface area contributed by atoms with Crippen LogP contribution in [0, 0.1) is 17.7 Å². The average Bonchev–Trinajstić information content (AvgIpc) is 3.33. The number of benzene rings is 2. The molecule has 2 fully saturated rings. The topological polar surface area (TPSA) is 127 Å². The van der Waals surface area contributed by atoms with Crippen molar-refractivity contribution in [1.82, 2.24) is 20.2 Å². The van der Waals surface area contributed by atoms with Crippen LogP contribution in [0.1, 0.15) is 22.3 Å². The van der Waals surface area contributed by atoms with Gasteiger partial charge in [-0.2, -0.15) is 5.10 Å². The standard InChI is InChI=1S/C25H23ClFN7O/c26-18-9-13(23(29)35)5-6-14(18)21-22-24(33-32-21)31-20(10-30-22)34-8-7-15-17(11-34)25(15,12-28)16-3-1-2-4-19(16)27/h1-6,9-10,15,17H,7-8,11-12,28H2,(H2,29,35)(H,31,32,33)/t15-,17+,25-/m1/s1. The number of primary amides is 1. The Bertz CT molecular complexity index is 1470. The van der Waals surface area contributed by atoms with Crippen LogP contribution in [0.25, 0.3) is 22.4 Å². The van der Waals surface area contributed by atoms with Crippen LogP contribution in [0.3, 0.4) is 0 Å². The molecule has 5 N–H and O–H groups in total. The minimum Gasteiger partial charge on any atom is -0.366 e. The maximum absolute atomic E-state index is 14.6. The van der Waals surface area contributed by atoms with Crippen LogP contribution in [0.2, 0.25) is 5.02 Å². The van der Waals surface area contributed by atoms with E-state index < -0.39 is 5.91 Å². The zero-order chi connectivity index (χ0) is 24.3. The quantitative estimate of drug-likeness (QED) is 0.393. The van der Waals surface area contributed by atoms with Crippen LogP contribution in [0.5, 0.6) is 0 Å². The van der Waals surface area contributed by atoms with Crippen LogP contribution >= 0.6 is 11.6 Å². The summed E-state index contributed by atoms with van der Waals surface area (Å²) in [5.41, 5.74) is 14.6. The number of amides is 1. The second kappa shape index (κ2) is 8.00. The van der Waals surface area contributed by atoms with Crippen LogP contribution in [-0.4, -0.2) is 45.7 Å². The zero-order valence-electron chi connectivity index (χ0n) is 18.7. The molecule has 1 saturated carbocycles. The van der Waals surface area contributed by atoms with Crippen LogP contribution in [0.15, 0.2) is 48.7 Å². The van der Waals surface area contributed by atoms with Gasteiger partial charge in [0.1, 0.15) is 17.2 Å². The maximum Gasteiger partial charge on any atom is 0.248 e. The summed E-state index contributed by atoms with van der Waals surface area (Å²) < 4.78 is 14.6. The van der Waals surface area contributed by atoms with Gasteiger partial charge >= 0.3 is 0 Å². The Hall–Kier alpha value is -3.56. The lowest BCUT2D eigenvalue weighted by atomic mass is 9.91. The fraction of sp³-hybridized carbons (Fsp3) is 0.280. The molecule has 1 aliphatic heterocycles. The highest BCUT2D eigenvalue weighted by atomic mass is 35.5. The van der Waals surface area contributed by atoms with Gasteiger partial charge in [0.25, 0.3) is 0 Å². The van der Waals surface area contributed by atoms with E-state index in [4.69, 9.17) is 28.1 Å². The number of nitrogens with one attached hydrogen (secondary N) is 1. The number of anilines is 1. The molecule has 2 aromatic heterocycles. The van der Waals surface area contributed by atoms with Crippen molar-refractivity contribution in [3.05, 3.63) is 70.6 Å². The first-order valence-electron chi connectivity index (χ1n) is 11.4. The summed E-state index contributed by atoms with van der Waals surface area (Å²) >= 11 is 6.39. The predicted octanol–water partition coefficient (Wildman–Crippen LogP) is 3.26. The van der Waals surface area contributed by atoms with Crippen molar-refractivity contribution in [3.63, 3.8) is 0 Å². The summed E-state index contributed by atoms with van der Waals surface area (Å²) in [5.74, 6) is 0.598. The van der Waals surface area contributed by atoms with Gasteiger partial charge in [-0.15, -0.1) is 0 Å². The number of nitrogens with zero attached hydrogens (tertiary/aromatic N) is 4. The number of carbonyl (C=O) groups is 1. The molecule has 0 radical (unpaired) electrons. The number of fused-ring (bicyclic) bond motifs is 2. The molecule has 1 aliphatic carbocycles. The zero-order valence-corrected chi connectivity index (χ0v) is 19.5. The first-order chi connectivity index (χ1) is 16.9. The molecule has 35 heavy (non-hydrogen) atoms. The molecule has 0 unspecified atom stereocenters. The fourth-order valence-corrected chi connectivity index (χ4v) is 6.11. The van der Waals surface area contributed by atoms with Crippen molar-refractivity contribution in [2.24, 2.45) is 23.3 Å². The molecule has 1 amide bonds. The van der Waals surface area contributed by atoms with Crippen LogP contribution < -0.4 is 16.4 Å². The van der Waals surface area contributed by atoms with Crippen molar-refractivity contribution in [2.45, 2.75) is 11.8 Å². The number of rotatable bonds is 5. The average molecular weight is 492 g/mol. The Labute approximate surface area is 205 Å². The molecule has 10 heteroatoms. The van der Waals surface area contributed by atoms with Gasteiger partial charge in [-0.05, 0) is 42.0 Å². The number of hydrogen-bond acceptors (Lipinski definition) is 6. The molecule has 4 aromatic rings. The maximum atomic E-state index is 14.6. The van der Waals surface area contributed by atoms with Gasteiger partial charge < -0.3 is 16.4 Å². The van der Waals surface area contributed by atoms with Crippen molar-refractivity contribution in [3.8, 4) is 11.3 Å². The van der Waals surface area contributed by atoms with E-state index in [1.54, 1.807) is 24.4 Å². The van der Waals surface area contributed by atoms with Gasteiger partial charge in [0.15, 0.2) is 0 Å². The Kier molecular flexibility index (Phi) is 5.01. The number of nitrogens with two attached hydrogens (primary N) is 2. The number of aromatic nitrogens is 4. The molecule has 6 rings (SSSR count). The first-order valence-corrected chi connectivity index (χ1v) is 11.8. The van der Waals surface area contributed by atoms with E-state index in [9.17, 15) is 9.18 Å². The highest BCUT2D eigenvalue weighted by Crippen LogP contribution is 2.63. The summed E-state index contributed by atoms with van der Waals surface area (Å²) in [6, 6.07) is 11.8. The van der Waals surface area contributed by atoms with Crippen molar-refractivity contribution >= 4 is 34.5 Å². The van der Waals surface area contributed by atoms with E-state index in [0.29, 0.717) is 45.5 Å². The third kappa shape index (κ3) is 3.30. The Morgan fingerprint density at radius 2 is 2.09 bits per heavy atom. The van der Waals surface area contributed by atoms with Crippen molar-refractivity contribution in [1.29, 1.82) is 0 Å². The minimum absolute atomic E-state index is 0.188. The number of hydrogen-bond donors (Lipinski definition) is 3. The molecule has 3 atom stereocenters. The normalized spacial score (nSPS) is 23.3. The third-order valence-electron chi connectivity index (χ3n) is 7.64. The number of carbonyl (C=O) groups excluding carboxylic acids is 1. The lowest BCUT2D eigenvalue weighted by Crippen LogP contribution is -2.32. The van der Waals surface area contributed by atoms with Crippen molar-refractivity contribution < 1.29 is 9.18 Å². The smallest absolute Gasteiger partial charge is 0.248 e. The fourth-order valence-electron chi connectivity index (χ4n) is 5.83. The molecule has 0 bridgehead atoms. The molecule has 2 aromatic carbocycles. The van der Waals surface area contributed by atoms with Gasteiger partial charge in [0, 0.05) is 36.2 Å². The van der Waals surface area contributed by atoms with Crippen LogP contribution in [0.4, 0.5) is 10.2 Å². The molecule has 1 saturated heterocycles. The molecule has 0 spiro atoms. The largest absolute Gasteiger partial charge is 0.366 e. The summed E-state index contributed by atoms with van der Waals surface area (Å²) in [6.07, 6.45) is 2.63. The Balaban J connectivity index is 1.28. The van der Waals surface area contributed by atoms with Gasteiger partial charge in [0.2, 0.25) is 11.6 Å². The molecule has 178 valence electrons. The second-order valence-corrected chi connectivity index (χ2v) is 9.64. The molecule has 2 aliphatic rings. The monoisotopic (exact) mass is 491 g/mol. The minimum atomic E-state index is -0.551. The summed E-state index contributed by atoms with van der Waals surface area (Å²) in [6.45, 7) is 1.93. The number of H-pyrrole nitrogens is 1. The predicted molar refractivity (Wildman–Crippen MR) is 132 cm³/mol. The van der Waals surface area contributed by atoms with E-state index in [2.05, 4.69) is 20.1 Å². The van der Waals surface area contributed by atoms with Gasteiger partial charge in [-0.3, -0.25) is 9.89 Å². The van der Waals surface area contributed by atoms with Gasteiger partial charge in [-0.25, -0.2) is 14.4 Å². The summed E-state index contributed by atoms with van der Waals surface area (Å²) in [4.78, 5) is 23.0. The lowest BCUT2D eigenvalue weighted by molar-refractivity contribution is 0.100. The summed E-state index contributed by atoms with van der Waals surface area (Å²) in [5, 5.41) is 7.66. The molecular formula is C25H23ClFN7O. The number of halogens is 2. The highest BCUT2D eigenvalue weighted by molar-refractivity contribution is 6.34. The highest BCUT2D eigenvalue weighted by Gasteiger charge is 2.66. The van der Waals surface area contributed by atoms with Crippen molar-refractivity contribution in [2.75, 3.05) is 24.5 Å². The molecular weight excluding hydrogens is 469 g/mol. The number of aromatic amines is 1. The van der Waals surface area contributed by atoms with Crippen LogP contribution in [-0.2, 0) is 5.41 Å². The van der Waals surface area contributed by atoms with E-state index >= 15 is 0 Å². The van der Waals surface area contributed by atoms with E-state index in [1.807, 2.05) is 12.1 Å². The van der Waals surface area contributed by atoms with Gasteiger partial charge in [0.05, 0.1) is 16.9 Å². The van der Waals surface area contributed by atoms with E-state index in [-0.39, 0.29) is 17.2 Å². The summed E-state index contributed by atoms with van der Waals surface area (Å²) in [7, 11) is 0. The number of piperidine rings is 1.